The first-order valence-corrected chi connectivity index (χ1v) is 23.3. The quantitative estimate of drug-likeness (QED) is 0.127. The molecule has 2 unspecified atom stereocenters. The van der Waals surface area contributed by atoms with Crippen LogP contribution in [0.1, 0.15) is 79.7 Å². The fraction of sp³-hybridized carbons (Fsp3) is 0.0476. The molecule has 0 amide bonds. The minimum absolute atomic E-state index is 0.242. The number of rotatable bonds is 9. The van der Waals surface area contributed by atoms with Gasteiger partial charge in [0.05, 0.1) is 22.8 Å². The molecule has 0 spiro atoms. The average molecular weight is 875 g/mol. The van der Waals surface area contributed by atoms with Crippen molar-refractivity contribution in [2.75, 3.05) is 0 Å². The molecule has 2 atom stereocenters. The van der Waals surface area contributed by atoms with Crippen LogP contribution in [-0.4, -0.2) is 11.4 Å². The van der Waals surface area contributed by atoms with Gasteiger partial charge >= 0.3 is 0 Å². The summed E-state index contributed by atoms with van der Waals surface area (Å²) >= 11 is 0. The Balaban J connectivity index is 0.970. The van der Waals surface area contributed by atoms with Gasteiger partial charge in [0.1, 0.15) is 17.7 Å². The maximum atomic E-state index is 9.74. The molecule has 68 heavy (non-hydrogen) atoms. The highest BCUT2D eigenvalue weighted by atomic mass is 16.5. The summed E-state index contributed by atoms with van der Waals surface area (Å²) in [5.41, 5.74) is 18.8. The first-order chi connectivity index (χ1) is 33.6. The molecule has 4 aliphatic rings. The van der Waals surface area contributed by atoms with E-state index < -0.39 is 0 Å². The molecule has 8 aromatic rings. The van der Waals surface area contributed by atoms with E-state index in [1.807, 2.05) is 60.7 Å². The van der Waals surface area contributed by atoms with Crippen molar-refractivity contribution in [1.82, 2.24) is 10.6 Å². The first-order valence-electron chi connectivity index (χ1n) is 23.3. The van der Waals surface area contributed by atoms with E-state index in [2.05, 4.69) is 187 Å². The van der Waals surface area contributed by atoms with Crippen LogP contribution in [0, 0.1) is 5.41 Å². The lowest BCUT2D eigenvalue weighted by molar-refractivity contribution is 0.429. The number of para-hydroxylation sites is 1. The van der Waals surface area contributed by atoms with E-state index in [4.69, 9.17) is 9.73 Å². The van der Waals surface area contributed by atoms with Crippen molar-refractivity contribution in [3.05, 3.63) is 304 Å². The third-order valence-corrected chi connectivity index (χ3v) is 13.3. The number of nitrogens with one attached hydrogen (secondary N) is 3. The normalized spacial score (nSPS) is 17.6. The summed E-state index contributed by atoms with van der Waals surface area (Å²) < 4.78 is 6.49. The average Bonchev–Trinajstić information content (AvgIpc) is 3.81. The smallest absolute Gasteiger partial charge is 0.145 e. The summed E-state index contributed by atoms with van der Waals surface area (Å²) in [6, 6.07) is 75.9. The van der Waals surface area contributed by atoms with Crippen molar-refractivity contribution in [1.29, 1.82) is 5.41 Å². The molecule has 0 saturated carbocycles. The van der Waals surface area contributed by atoms with Gasteiger partial charge in [0.2, 0.25) is 0 Å². The zero-order chi connectivity index (χ0) is 45.4. The molecule has 5 heteroatoms. The van der Waals surface area contributed by atoms with Crippen molar-refractivity contribution >= 4 is 45.2 Å². The number of fused-ring (bicyclic) bond motifs is 4. The minimum Gasteiger partial charge on any atom is -0.460 e. The third kappa shape index (κ3) is 7.50. The van der Waals surface area contributed by atoms with Gasteiger partial charge in [-0.25, -0.2) is 0 Å². The number of nitrogens with zero attached hydrogens (tertiary/aromatic N) is 1. The molecular formula is C63H46N4O. The molecule has 0 fully saturated rings. The van der Waals surface area contributed by atoms with E-state index in [9.17, 15) is 5.41 Å². The van der Waals surface area contributed by atoms with Gasteiger partial charge in [0.15, 0.2) is 0 Å². The lowest BCUT2D eigenvalue weighted by Crippen LogP contribution is -2.25. The molecule has 5 nitrogen and oxygen atoms in total. The molecule has 0 radical (unpaired) electrons. The van der Waals surface area contributed by atoms with Gasteiger partial charge in [-0.05, 0) is 63.6 Å². The Morgan fingerprint density at radius 1 is 0.559 bits per heavy atom. The van der Waals surface area contributed by atoms with Crippen molar-refractivity contribution in [2.24, 2.45) is 4.99 Å². The largest absolute Gasteiger partial charge is 0.460 e. The van der Waals surface area contributed by atoms with E-state index in [0.29, 0.717) is 5.71 Å². The van der Waals surface area contributed by atoms with Crippen LogP contribution in [0.2, 0.25) is 0 Å². The zero-order valence-corrected chi connectivity index (χ0v) is 37.2. The van der Waals surface area contributed by atoms with Gasteiger partial charge in [0.25, 0.3) is 0 Å². The Hall–Kier alpha value is -8.80. The standard InChI is InChI=1S/C63H46N4O/c64-59(44-21-7-2-8-22-44)58(43-19-5-1-6-20-43)61-52-31-14-13-30-51(52)57(60(67-61)45-23-9-3-10-24-45)48-28-17-27-47(39-48)55-40-54(65-63(66-55)46-25-11-4-12-26-46)42-37-35-41(36-38-42)49-32-18-33-53-50-29-15-16-34-56(50)68-62(49)53/h1-32,34-40,53,63-65,67H,33H2/b61-58-,64-59?. The molecule has 3 aliphatic heterocycles. The zero-order valence-electron chi connectivity index (χ0n) is 37.2. The highest BCUT2D eigenvalue weighted by Gasteiger charge is 2.33. The first kappa shape index (κ1) is 40.7. The Labute approximate surface area is 397 Å². The van der Waals surface area contributed by atoms with Crippen LogP contribution >= 0.6 is 0 Å². The molecule has 0 aromatic heterocycles. The monoisotopic (exact) mass is 874 g/mol. The lowest BCUT2D eigenvalue weighted by Gasteiger charge is -2.30. The number of hydrogen-bond donors (Lipinski definition) is 3. The van der Waals surface area contributed by atoms with Crippen LogP contribution in [0.25, 0.3) is 33.8 Å². The fourth-order valence-electron chi connectivity index (χ4n) is 10.0. The van der Waals surface area contributed by atoms with Gasteiger partial charge in [-0.3, -0.25) is 10.4 Å². The van der Waals surface area contributed by atoms with Crippen LogP contribution in [-0.2, 0) is 0 Å². The maximum absolute atomic E-state index is 9.74. The van der Waals surface area contributed by atoms with Crippen LogP contribution < -0.4 is 15.4 Å². The second-order valence-corrected chi connectivity index (χ2v) is 17.4. The molecule has 0 bridgehead atoms. The summed E-state index contributed by atoms with van der Waals surface area (Å²) in [6.45, 7) is 0. The van der Waals surface area contributed by atoms with E-state index in [1.54, 1.807) is 0 Å². The Morgan fingerprint density at radius 2 is 1.18 bits per heavy atom. The number of benzene rings is 8. The van der Waals surface area contributed by atoms with Crippen molar-refractivity contribution in [3.8, 4) is 5.75 Å². The van der Waals surface area contributed by atoms with Gasteiger partial charge < -0.3 is 15.4 Å². The Morgan fingerprint density at radius 3 is 1.94 bits per heavy atom. The summed E-state index contributed by atoms with van der Waals surface area (Å²) in [4.78, 5) is 5.40. The molecule has 12 rings (SSSR count). The summed E-state index contributed by atoms with van der Waals surface area (Å²) in [6.07, 6.45) is 7.31. The highest BCUT2D eigenvalue weighted by Crippen LogP contribution is 2.48. The van der Waals surface area contributed by atoms with Crippen molar-refractivity contribution in [2.45, 2.75) is 18.5 Å². The highest BCUT2D eigenvalue weighted by molar-refractivity contribution is 6.36. The van der Waals surface area contributed by atoms with E-state index >= 15 is 0 Å². The molecule has 3 N–H and O–H groups in total. The van der Waals surface area contributed by atoms with Crippen LogP contribution in [0.15, 0.2) is 247 Å². The summed E-state index contributed by atoms with van der Waals surface area (Å²) in [7, 11) is 0. The SMILES string of the molecule is N=C(/C(=C1\NC(c2ccccc2)=C(c2cccc(C3=NC(c4ccccc4)NC(c4ccc(C5=C6Oc7ccccc7C6CC=C5)cc4)=C3)c2)c2ccccc21)c1ccccc1)c1ccccc1. The van der Waals surface area contributed by atoms with Crippen LogP contribution in [0.3, 0.4) is 0 Å². The van der Waals surface area contributed by atoms with Gasteiger partial charge in [0, 0.05) is 50.6 Å². The van der Waals surface area contributed by atoms with E-state index in [1.165, 1.54) is 5.56 Å². The van der Waals surface area contributed by atoms with Crippen LogP contribution in [0.5, 0.6) is 5.75 Å². The predicted octanol–water partition coefficient (Wildman–Crippen LogP) is 14.1. The van der Waals surface area contributed by atoms with Gasteiger partial charge in [-0.1, -0.05) is 218 Å². The van der Waals surface area contributed by atoms with E-state index in [0.717, 1.165) is 113 Å². The third-order valence-electron chi connectivity index (χ3n) is 13.3. The maximum Gasteiger partial charge on any atom is 0.145 e. The number of ether oxygens (including phenoxy) is 1. The summed E-state index contributed by atoms with van der Waals surface area (Å²) in [5, 5.41) is 17.5. The topological polar surface area (TPSA) is 69.5 Å². The Kier molecular flexibility index (Phi) is 10.5. The van der Waals surface area contributed by atoms with E-state index in [-0.39, 0.29) is 12.1 Å². The summed E-state index contributed by atoms with van der Waals surface area (Å²) in [5.74, 6) is 2.23. The molecule has 8 aromatic carbocycles. The minimum atomic E-state index is -0.299. The molecule has 3 heterocycles. The second kappa shape index (κ2) is 17.5. The Bertz CT molecular complexity index is 3440. The van der Waals surface area contributed by atoms with Gasteiger partial charge in [-0.2, -0.15) is 0 Å². The second-order valence-electron chi connectivity index (χ2n) is 17.4. The molecule has 0 saturated heterocycles. The lowest BCUT2D eigenvalue weighted by atomic mass is 9.82. The number of allylic oxidation sites excluding steroid dienone is 6. The predicted molar refractivity (Wildman–Crippen MR) is 279 cm³/mol. The number of aliphatic imine (C=N–C) groups is 1. The molecular weight excluding hydrogens is 829 g/mol. The van der Waals surface area contributed by atoms with Crippen LogP contribution in [0.4, 0.5) is 0 Å². The molecule has 1 aliphatic carbocycles. The van der Waals surface area contributed by atoms with Crippen molar-refractivity contribution < 1.29 is 4.74 Å². The van der Waals surface area contributed by atoms with Gasteiger partial charge in [-0.15, -0.1) is 0 Å². The fourth-order valence-corrected chi connectivity index (χ4v) is 10.0. The molecule has 324 valence electrons. The van der Waals surface area contributed by atoms with Crippen molar-refractivity contribution in [3.63, 3.8) is 0 Å². The number of hydrogen-bond acceptors (Lipinski definition) is 5.